The van der Waals surface area contributed by atoms with Crippen molar-refractivity contribution in [2.75, 3.05) is 6.54 Å². The number of hydrogen-bond acceptors (Lipinski definition) is 4. The summed E-state index contributed by atoms with van der Waals surface area (Å²) in [5, 5.41) is 6.99. The van der Waals surface area contributed by atoms with E-state index in [0.29, 0.717) is 23.2 Å². The molecule has 2 aromatic rings. The van der Waals surface area contributed by atoms with Gasteiger partial charge in [-0.25, -0.2) is 4.98 Å². The number of benzene rings is 1. The molecule has 0 spiro atoms. The topological polar surface area (TPSA) is 71.1 Å². The van der Waals surface area contributed by atoms with Crippen LogP contribution in [0.4, 0.5) is 0 Å². The maximum Gasteiger partial charge on any atom is 0.252 e. The van der Waals surface area contributed by atoms with E-state index in [1.54, 1.807) is 12.1 Å². The number of carbonyl (C=O) groups is 2. The average Bonchev–Trinajstić information content (AvgIpc) is 3.42. The van der Waals surface area contributed by atoms with Crippen LogP contribution >= 0.6 is 11.8 Å². The van der Waals surface area contributed by atoms with Crippen molar-refractivity contribution in [3.8, 4) is 0 Å². The van der Waals surface area contributed by atoms with Gasteiger partial charge in [-0.3, -0.25) is 9.59 Å². The Bertz CT molecular complexity index is 817. The molecular weight excluding hydrogens is 334 g/mol. The molecule has 130 valence electrons. The number of pyridine rings is 1. The number of carbonyl (C=O) groups excluding carboxylic acids is 2. The van der Waals surface area contributed by atoms with Crippen molar-refractivity contribution in [1.82, 2.24) is 15.6 Å². The number of aromatic nitrogens is 1. The molecule has 0 aliphatic heterocycles. The van der Waals surface area contributed by atoms with E-state index in [2.05, 4.69) is 22.2 Å². The summed E-state index contributed by atoms with van der Waals surface area (Å²) in [6.45, 7) is 5.85. The summed E-state index contributed by atoms with van der Waals surface area (Å²) in [6, 6.07) is 9.65. The minimum absolute atomic E-state index is 0.0771. The van der Waals surface area contributed by atoms with E-state index in [9.17, 15) is 9.59 Å². The van der Waals surface area contributed by atoms with Crippen LogP contribution in [0.25, 0.3) is 10.9 Å². The fourth-order valence-corrected chi connectivity index (χ4v) is 3.33. The number of para-hydroxylation sites is 1. The quantitative estimate of drug-likeness (QED) is 0.592. The lowest BCUT2D eigenvalue weighted by Crippen LogP contribution is -2.31. The van der Waals surface area contributed by atoms with Gasteiger partial charge in [-0.15, -0.1) is 6.58 Å². The molecule has 1 atom stereocenters. The number of hydrogen-bond donors (Lipinski definition) is 2. The van der Waals surface area contributed by atoms with Crippen molar-refractivity contribution in [2.45, 2.75) is 36.1 Å². The second-order valence-corrected chi connectivity index (χ2v) is 7.43. The first-order valence-electron chi connectivity index (χ1n) is 8.34. The normalized spacial score (nSPS) is 14.8. The number of fused-ring (bicyclic) bond motifs is 1. The van der Waals surface area contributed by atoms with Crippen LogP contribution in [0.3, 0.4) is 0 Å². The second kappa shape index (κ2) is 7.70. The third kappa shape index (κ3) is 4.39. The number of thioether (sulfide) groups is 1. The Morgan fingerprint density at radius 1 is 1.40 bits per heavy atom. The van der Waals surface area contributed by atoms with Crippen LogP contribution < -0.4 is 10.6 Å². The lowest BCUT2D eigenvalue weighted by molar-refractivity contribution is -0.120. The summed E-state index contributed by atoms with van der Waals surface area (Å²) < 4.78 is 0. The van der Waals surface area contributed by atoms with Crippen molar-refractivity contribution in [3.63, 3.8) is 0 Å². The molecule has 0 bridgehead atoms. The van der Waals surface area contributed by atoms with E-state index in [-0.39, 0.29) is 17.1 Å². The summed E-state index contributed by atoms with van der Waals surface area (Å²) in [7, 11) is 0. The molecule has 1 aromatic carbocycles. The van der Waals surface area contributed by atoms with Crippen molar-refractivity contribution in [3.05, 3.63) is 48.6 Å². The zero-order chi connectivity index (χ0) is 17.8. The highest BCUT2D eigenvalue weighted by atomic mass is 32.2. The summed E-state index contributed by atoms with van der Waals surface area (Å²) in [5.41, 5.74) is 1.37. The zero-order valence-corrected chi connectivity index (χ0v) is 14.9. The standard InChI is InChI=1S/C19H21N3O2S/c1-3-10-20-18(23)12(2)25-17-11-15(19(24)21-13-8-9-13)14-6-4-5-7-16(14)22-17/h3-7,11-13H,1,8-10H2,2H3,(H,20,23)(H,21,24). The van der Waals surface area contributed by atoms with E-state index in [4.69, 9.17) is 0 Å². The van der Waals surface area contributed by atoms with E-state index < -0.39 is 0 Å². The van der Waals surface area contributed by atoms with Crippen molar-refractivity contribution in [2.24, 2.45) is 0 Å². The van der Waals surface area contributed by atoms with E-state index in [0.717, 1.165) is 23.7 Å². The van der Waals surface area contributed by atoms with E-state index >= 15 is 0 Å². The van der Waals surface area contributed by atoms with Crippen LogP contribution in [0.15, 0.2) is 48.0 Å². The predicted molar refractivity (Wildman–Crippen MR) is 101 cm³/mol. The highest BCUT2D eigenvalue weighted by Crippen LogP contribution is 2.28. The molecule has 3 rings (SSSR count). The fourth-order valence-electron chi connectivity index (χ4n) is 2.44. The van der Waals surface area contributed by atoms with Gasteiger partial charge in [0.05, 0.1) is 21.4 Å². The monoisotopic (exact) mass is 355 g/mol. The first-order chi connectivity index (χ1) is 12.1. The molecule has 1 aromatic heterocycles. The van der Waals surface area contributed by atoms with Crippen LogP contribution in [0.5, 0.6) is 0 Å². The molecule has 6 heteroatoms. The molecule has 2 N–H and O–H groups in total. The summed E-state index contributed by atoms with van der Waals surface area (Å²) in [5.74, 6) is -0.157. The summed E-state index contributed by atoms with van der Waals surface area (Å²) >= 11 is 1.35. The van der Waals surface area contributed by atoms with Crippen molar-refractivity contribution >= 4 is 34.5 Å². The Hall–Kier alpha value is -2.34. The van der Waals surface area contributed by atoms with Crippen LogP contribution in [-0.4, -0.2) is 34.6 Å². The van der Waals surface area contributed by atoms with E-state index in [1.165, 1.54) is 11.8 Å². The van der Waals surface area contributed by atoms with Gasteiger partial charge in [0.2, 0.25) is 5.91 Å². The van der Waals surface area contributed by atoms with Crippen LogP contribution in [0.2, 0.25) is 0 Å². The molecule has 1 aliphatic carbocycles. The Morgan fingerprint density at radius 2 is 2.16 bits per heavy atom. The van der Waals surface area contributed by atoms with E-state index in [1.807, 2.05) is 31.2 Å². The van der Waals surface area contributed by atoms with Gasteiger partial charge in [-0.1, -0.05) is 36.0 Å². The van der Waals surface area contributed by atoms with Crippen LogP contribution in [0.1, 0.15) is 30.1 Å². The van der Waals surface area contributed by atoms with Gasteiger partial charge in [0.25, 0.3) is 5.91 Å². The molecular formula is C19H21N3O2S. The molecule has 2 amide bonds. The van der Waals surface area contributed by atoms with Crippen molar-refractivity contribution in [1.29, 1.82) is 0 Å². The maximum atomic E-state index is 12.6. The molecule has 1 heterocycles. The Balaban J connectivity index is 1.86. The lowest BCUT2D eigenvalue weighted by atomic mass is 10.1. The fraction of sp³-hybridized carbons (Fsp3) is 0.316. The van der Waals surface area contributed by atoms with Gasteiger partial charge in [0.1, 0.15) is 0 Å². The first kappa shape index (κ1) is 17.5. The predicted octanol–water partition coefficient (Wildman–Crippen LogP) is 2.91. The van der Waals surface area contributed by atoms with Gasteiger partial charge >= 0.3 is 0 Å². The molecule has 1 saturated carbocycles. The molecule has 0 radical (unpaired) electrons. The number of amides is 2. The second-order valence-electron chi connectivity index (χ2n) is 6.07. The zero-order valence-electron chi connectivity index (χ0n) is 14.1. The SMILES string of the molecule is C=CCNC(=O)C(C)Sc1cc(C(=O)NC2CC2)c2ccccc2n1. The van der Waals surface area contributed by atoms with Gasteiger partial charge < -0.3 is 10.6 Å². The number of nitrogens with zero attached hydrogens (tertiary/aromatic N) is 1. The molecule has 1 fully saturated rings. The van der Waals surface area contributed by atoms with Gasteiger partial charge in [-0.05, 0) is 31.9 Å². The smallest absolute Gasteiger partial charge is 0.252 e. The Kier molecular flexibility index (Phi) is 5.38. The third-order valence-corrected chi connectivity index (χ3v) is 4.96. The number of nitrogens with one attached hydrogen (secondary N) is 2. The average molecular weight is 355 g/mol. The third-order valence-electron chi connectivity index (χ3n) is 3.94. The summed E-state index contributed by atoms with van der Waals surface area (Å²) in [6.07, 6.45) is 3.72. The molecule has 1 unspecified atom stereocenters. The highest BCUT2D eigenvalue weighted by molar-refractivity contribution is 8.00. The molecule has 0 saturated heterocycles. The Morgan fingerprint density at radius 3 is 2.88 bits per heavy atom. The minimum Gasteiger partial charge on any atom is -0.352 e. The number of rotatable bonds is 7. The minimum atomic E-state index is -0.312. The van der Waals surface area contributed by atoms with Gasteiger partial charge in [0.15, 0.2) is 0 Å². The Labute approximate surface area is 151 Å². The largest absolute Gasteiger partial charge is 0.352 e. The highest BCUT2D eigenvalue weighted by Gasteiger charge is 2.25. The van der Waals surface area contributed by atoms with Crippen molar-refractivity contribution < 1.29 is 9.59 Å². The first-order valence-corrected chi connectivity index (χ1v) is 9.22. The van der Waals surface area contributed by atoms with Gasteiger partial charge in [-0.2, -0.15) is 0 Å². The molecule has 5 nitrogen and oxygen atoms in total. The lowest BCUT2D eigenvalue weighted by Gasteiger charge is -2.13. The molecule has 25 heavy (non-hydrogen) atoms. The van der Waals surface area contributed by atoms with Crippen LogP contribution in [0, 0.1) is 0 Å². The maximum absolute atomic E-state index is 12.6. The molecule has 1 aliphatic rings. The van der Waals surface area contributed by atoms with Crippen LogP contribution in [-0.2, 0) is 4.79 Å². The summed E-state index contributed by atoms with van der Waals surface area (Å²) in [4.78, 5) is 29.2. The van der Waals surface area contributed by atoms with Gasteiger partial charge in [0, 0.05) is 18.0 Å².